The average Bonchev–Trinajstić information content (AvgIpc) is 2.27. The highest BCUT2D eigenvalue weighted by Gasteiger charge is 2.26. The maximum absolute atomic E-state index is 9.64. The van der Waals surface area contributed by atoms with Gasteiger partial charge in [0.2, 0.25) is 0 Å². The van der Waals surface area contributed by atoms with Gasteiger partial charge in [-0.15, -0.1) is 0 Å². The van der Waals surface area contributed by atoms with Crippen LogP contribution in [-0.2, 0) is 4.74 Å². The Morgan fingerprint density at radius 3 is 2.62 bits per heavy atom. The summed E-state index contributed by atoms with van der Waals surface area (Å²) < 4.78 is 5.56. The topological polar surface area (TPSA) is 29.5 Å². The molecule has 88 valence electrons. The lowest BCUT2D eigenvalue weighted by Crippen LogP contribution is -2.24. The Bertz CT molecular complexity index is 340. The molecule has 1 aromatic carbocycles. The molecule has 2 unspecified atom stereocenters. The molecule has 0 saturated heterocycles. The molecule has 1 saturated carbocycles. The Morgan fingerprint density at radius 2 is 1.94 bits per heavy atom. The second-order valence-corrected chi connectivity index (χ2v) is 4.77. The highest BCUT2D eigenvalue weighted by Crippen LogP contribution is 2.36. The van der Waals surface area contributed by atoms with E-state index in [1.807, 2.05) is 13.0 Å². The molecular weight excluding hydrogens is 200 g/mol. The minimum atomic E-state index is 0.315. The first-order valence-electron chi connectivity index (χ1n) is 6.04. The molecule has 0 bridgehead atoms. The van der Waals surface area contributed by atoms with Gasteiger partial charge in [0, 0.05) is 13.0 Å². The van der Waals surface area contributed by atoms with Crippen LogP contribution in [0.1, 0.15) is 42.7 Å². The van der Waals surface area contributed by atoms with Crippen LogP contribution in [0.3, 0.4) is 0 Å². The maximum atomic E-state index is 9.64. The fourth-order valence-corrected chi connectivity index (χ4v) is 2.77. The van der Waals surface area contributed by atoms with Crippen LogP contribution in [0.5, 0.6) is 5.75 Å². The van der Waals surface area contributed by atoms with E-state index in [0.717, 1.165) is 12.0 Å². The van der Waals surface area contributed by atoms with Crippen molar-refractivity contribution in [2.24, 2.45) is 0 Å². The number of benzene rings is 1. The van der Waals surface area contributed by atoms with E-state index in [1.54, 1.807) is 13.2 Å². The van der Waals surface area contributed by atoms with E-state index in [4.69, 9.17) is 4.74 Å². The molecule has 1 N–H and O–H groups in total. The van der Waals surface area contributed by atoms with Crippen LogP contribution in [0, 0.1) is 6.92 Å². The van der Waals surface area contributed by atoms with Gasteiger partial charge in [-0.25, -0.2) is 0 Å². The molecule has 0 radical (unpaired) electrons. The Kier molecular flexibility index (Phi) is 3.49. The highest BCUT2D eigenvalue weighted by molar-refractivity contribution is 5.35. The van der Waals surface area contributed by atoms with Gasteiger partial charge in [0.1, 0.15) is 5.75 Å². The van der Waals surface area contributed by atoms with E-state index in [0.29, 0.717) is 17.8 Å². The van der Waals surface area contributed by atoms with Gasteiger partial charge in [-0.2, -0.15) is 0 Å². The highest BCUT2D eigenvalue weighted by atomic mass is 16.5. The summed E-state index contributed by atoms with van der Waals surface area (Å²) in [5.74, 6) is 0.819. The van der Waals surface area contributed by atoms with Gasteiger partial charge >= 0.3 is 0 Å². The molecule has 2 atom stereocenters. The largest absolute Gasteiger partial charge is 0.508 e. The summed E-state index contributed by atoms with van der Waals surface area (Å²) in [6, 6.07) is 5.85. The van der Waals surface area contributed by atoms with Gasteiger partial charge in [0.15, 0.2) is 0 Å². The quantitative estimate of drug-likeness (QED) is 0.828. The van der Waals surface area contributed by atoms with Crippen molar-refractivity contribution < 1.29 is 9.84 Å². The van der Waals surface area contributed by atoms with Crippen LogP contribution in [-0.4, -0.2) is 18.3 Å². The lowest BCUT2D eigenvalue weighted by molar-refractivity contribution is 0.0523. The van der Waals surface area contributed by atoms with E-state index in [2.05, 4.69) is 6.07 Å². The number of phenolic OH excluding ortho intramolecular Hbond substituents is 1. The molecule has 2 heteroatoms. The van der Waals surface area contributed by atoms with E-state index < -0.39 is 0 Å². The summed E-state index contributed by atoms with van der Waals surface area (Å²) in [6.45, 7) is 2.02. The van der Waals surface area contributed by atoms with Crippen LogP contribution in [0.15, 0.2) is 18.2 Å². The van der Waals surface area contributed by atoms with E-state index in [1.165, 1.54) is 24.8 Å². The normalized spacial score (nSPS) is 25.6. The second kappa shape index (κ2) is 4.88. The molecule has 1 fully saturated rings. The first-order chi connectivity index (χ1) is 7.70. The van der Waals surface area contributed by atoms with Crippen LogP contribution >= 0.6 is 0 Å². The second-order valence-electron chi connectivity index (χ2n) is 4.77. The Morgan fingerprint density at radius 1 is 1.19 bits per heavy atom. The van der Waals surface area contributed by atoms with E-state index in [9.17, 15) is 5.11 Å². The van der Waals surface area contributed by atoms with Crippen LogP contribution < -0.4 is 0 Å². The average molecular weight is 220 g/mol. The zero-order valence-corrected chi connectivity index (χ0v) is 10.1. The monoisotopic (exact) mass is 220 g/mol. The van der Waals surface area contributed by atoms with Crippen molar-refractivity contribution in [1.29, 1.82) is 0 Å². The third-order valence-corrected chi connectivity index (χ3v) is 3.52. The molecule has 0 aromatic heterocycles. The van der Waals surface area contributed by atoms with Gasteiger partial charge in [0.25, 0.3) is 0 Å². The summed E-state index contributed by atoms with van der Waals surface area (Å²) >= 11 is 0. The number of rotatable bonds is 2. The summed E-state index contributed by atoms with van der Waals surface area (Å²) in [6.07, 6.45) is 5.14. The van der Waals surface area contributed by atoms with Crippen LogP contribution in [0.2, 0.25) is 0 Å². The van der Waals surface area contributed by atoms with Gasteiger partial charge in [-0.05, 0) is 43.0 Å². The number of aryl methyl sites for hydroxylation is 1. The molecule has 2 rings (SSSR count). The number of aromatic hydroxyl groups is 1. The van der Waals surface area contributed by atoms with Crippen molar-refractivity contribution in [1.82, 2.24) is 0 Å². The zero-order valence-electron chi connectivity index (χ0n) is 10.1. The van der Waals surface area contributed by atoms with Crippen molar-refractivity contribution in [2.45, 2.75) is 44.6 Å². The number of ether oxygens (including phenoxy) is 1. The summed E-state index contributed by atoms with van der Waals surface area (Å²) in [7, 11) is 1.79. The fraction of sp³-hybridized carbons (Fsp3) is 0.571. The first kappa shape index (κ1) is 11.5. The maximum Gasteiger partial charge on any atom is 0.116 e. The number of methoxy groups -OCH3 is 1. The van der Waals surface area contributed by atoms with Crippen LogP contribution in [0.4, 0.5) is 0 Å². The molecule has 0 amide bonds. The van der Waals surface area contributed by atoms with Crippen LogP contribution in [0.25, 0.3) is 0 Å². The predicted octanol–water partition coefficient (Wildman–Crippen LogP) is 3.37. The molecule has 1 aromatic rings. The lowest BCUT2D eigenvalue weighted by atomic mass is 9.81. The zero-order chi connectivity index (χ0) is 11.5. The molecule has 0 aliphatic heterocycles. The van der Waals surface area contributed by atoms with Gasteiger partial charge < -0.3 is 9.84 Å². The molecule has 1 aliphatic rings. The number of phenols is 1. The summed E-state index contributed by atoms with van der Waals surface area (Å²) in [4.78, 5) is 0. The minimum Gasteiger partial charge on any atom is -0.508 e. The van der Waals surface area contributed by atoms with Gasteiger partial charge in [0.05, 0.1) is 6.10 Å². The van der Waals surface area contributed by atoms with Gasteiger partial charge in [-0.1, -0.05) is 18.9 Å². The predicted molar refractivity (Wildman–Crippen MR) is 64.8 cm³/mol. The smallest absolute Gasteiger partial charge is 0.116 e. The summed E-state index contributed by atoms with van der Waals surface area (Å²) in [5.41, 5.74) is 2.35. The van der Waals surface area contributed by atoms with Crippen molar-refractivity contribution >= 4 is 0 Å². The van der Waals surface area contributed by atoms with Crippen molar-refractivity contribution in [2.75, 3.05) is 7.11 Å². The van der Waals surface area contributed by atoms with Crippen molar-refractivity contribution in [3.05, 3.63) is 29.3 Å². The fourth-order valence-electron chi connectivity index (χ4n) is 2.77. The minimum absolute atomic E-state index is 0.315. The van der Waals surface area contributed by atoms with E-state index >= 15 is 0 Å². The molecule has 0 heterocycles. The van der Waals surface area contributed by atoms with E-state index in [-0.39, 0.29) is 0 Å². The van der Waals surface area contributed by atoms with Crippen molar-refractivity contribution in [3.63, 3.8) is 0 Å². The van der Waals surface area contributed by atoms with Crippen molar-refractivity contribution in [3.8, 4) is 5.75 Å². The SMILES string of the molecule is COC1CCCCC1c1cc(C)cc(O)c1. The standard InChI is InChI=1S/C14H20O2/c1-10-7-11(9-12(15)8-10)13-5-3-4-6-14(13)16-2/h7-9,13-15H,3-6H2,1-2H3. The molecule has 1 aliphatic carbocycles. The Balaban J connectivity index is 2.26. The molecule has 2 nitrogen and oxygen atoms in total. The molecule has 16 heavy (non-hydrogen) atoms. The number of hydrogen-bond acceptors (Lipinski definition) is 2. The third kappa shape index (κ3) is 2.38. The summed E-state index contributed by atoms with van der Waals surface area (Å²) in [5, 5.41) is 9.64. The lowest BCUT2D eigenvalue weighted by Gasteiger charge is -2.31. The first-order valence-corrected chi connectivity index (χ1v) is 6.04. The number of hydrogen-bond donors (Lipinski definition) is 1. The molecular formula is C14H20O2. The third-order valence-electron chi connectivity index (χ3n) is 3.52. The Labute approximate surface area is 97.3 Å². The van der Waals surface area contributed by atoms with Gasteiger partial charge in [-0.3, -0.25) is 0 Å². The Hall–Kier alpha value is -1.02. The molecule has 0 spiro atoms.